The van der Waals surface area contributed by atoms with Crippen molar-refractivity contribution in [3.05, 3.63) is 71.0 Å². The second-order valence-corrected chi connectivity index (χ2v) is 11.1. The summed E-state index contributed by atoms with van der Waals surface area (Å²) in [7, 11) is -1.47. The van der Waals surface area contributed by atoms with Crippen LogP contribution < -0.4 is 5.32 Å². The number of nitrogens with one attached hydrogen (secondary N) is 1. The molecule has 0 saturated carbocycles. The van der Waals surface area contributed by atoms with E-state index in [-0.39, 0.29) is 4.90 Å². The Morgan fingerprint density at radius 1 is 1.03 bits per heavy atom. The van der Waals surface area contributed by atoms with Gasteiger partial charge in [0, 0.05) is 28.8 Å². The number of nitrogens with zero attached hydrogens (tertiary/aromatic N) is 3. The summed E-state index contributed by atoms with van der Waals surface area (Å²) in [5.74, 6) is 0.483. The van der Waals surface area contributed by atoms with Gasteiger partial charge in [-0.25, -0.2) is 13.4 Å². The molecule has 2 aromatic heterocycles. The van der Waals surface area contributed by atoms with E-state index in [0.717, 1.165) is 16.7 Å². The highest BCUT2D eigenvalue weighted by atomic mass is 35.5. The smallest absolute Gasteiger partial charge is 0.187 e. The molecule has 0 atom stereocenters. The zero-order valence-electron chi connectivity index (χ0n) is 19.3. The molecule has 0 aliphatic heterocycles. The molecule has 0 fully saturated rings. The van der Waals surface area contributed by atoms with Crippen LogP contribution in [0.5, 0.6) is 0 Å². The fourth-order valence-corrected chi connectivity index (χ4v) is 4.78. The summed E-state index contributed by atoms with van der Waals surface area (Å²) in [6, 6.07) is 14.2. The molecule has 2 aromatic carbocycles. The summed E-state index contributed by atoms with van der Waals surface area (Å²) in [5, 5.41) is 7.44. The van der Waals surface area contributed by atoms with Gasteiger partial charge in [0.1, 0.15) is 11.4 Å². The lowest BCUT2D eigenvalue weighted by Crippen LogP contribution is -2.13. The first kappa shape index (κ1) is 24.1. The molecule has 176 valence electrons. The third-order valence-corrected chi connectivity index (χ3v) is 8.04. The van der Waals surface area contributed by atoms with Gasteiger partial charge < -0.3 is 9.84 Å². The number of aromatic nitrogens is 3. The molecule has 4 rings (SSSR count). The van der Waals surface area contributed by atoms with Gasteiger partial charge in [-0.1, -0.05) is 41.0 Å². The van der Waals surface area contributed by atoms with E-state index in [1.165, 1.54) is 0 Å². The highest BCUT2D eigenvalue weighted by Gasteiger charge is 2.20. The molecule has 0 aliphatic carbocycles. The van der Waals surface area contributed by atoms with Crippen LogP contribution in [0.4, 0.5) is 0 Å². The van der Waals surface area contributed by atoms with Crippen molar-refractivity contribution in [1.82, 2.24) is 20.4 Å². The summed E-state index contributed by atoms with van der Waals surface area (Å²) in [6.07, 6.45) is 1.66. The molecular weight excluding hydrogens is 472 g/mol. The van der Waals surface area contributed by atoms with Crippen molar-refractivity contribution in [2.75, 3.05) is 7.05 Å². The van der Waals surface area contributed by atoms with E-state index in [9.17, 15) is 8.42 Å². The molecule has 0 amide bonds. The molecule has 0 saturated heterocycles. The minimum Gasteiger partial charge on any atom is -0.354 e. The largest absolute Gasteiger partial charge is 0.354 e. The van der Waals surface area contributed by atoms with Crippen LogP contribution in [0.15, 0.2) is 64.1 Å². The monoisotopic (exact) mass is 496 g/mol. The Bertz CT molecular complexity index is 1430. The molecule has 1 N–H and O–H groups in total. The van der Waals surface area contributed by atoms with Crippen LogP contribution in [-0.2, 0) is 16.4 Å². The van der Waals surface area contributed by atoms with Gasteiger partial charge in [-0.2, -0.15) is 0 Å². The Balaban J connectivity index is 1.65. The van der Waals surface area contributed by atoms with Crippen LogP contribution in [0, 0.1) is 6.92 Å². The fraction of sp³-hybridized carbons (Fsp3) is 0.240. The quantitative estimate of drug-likeness (QED) is 0.369. The van der Waals surface area contributed by atoms with Crippen LogP contribution >= 0.6 is 11.6 Å². The zero-order chi connectivity index (χ0) is 24.5. The summed E-state index contributed by atoms with van der Waals surface area (Å²) in [5.41, 5.74) is 5.08. The van der Waals surface area contributed by atoms with Gasteiger partial charge in [-0.3, -0.25) is 4.98 Å². The predicted octanol–water partition coefficient (Wildman–Crippen LogP) is 5.33. The van der Waals surface area contributed by atoms with E-state index < -0.39 is 15.1 Å². The molecule has 7 nitrogen and oxygen atoms in total. The normalized spacial score (nSPS) is 11.8. The second kappa shape index (κ2) is 9.66. The van der Waals surface area contributed by atoms with Crippen molar-refractivity contribution < 1.29 is 12.9 Å². The highest BCUT2D eigenvalue weighted by Crippen LogP contribution is 2.30. The van der Waals surface area contributed by atoms with E-state index in [1.54, 1.807) is 44.3 Å². The zero-order valence-corrected chi connectivity index (χ0v) is 20.9. The molecule has 34 heavy (non-hydrogen) atoms. The summed E-state index contributed by atoms with van der Waals surface area (Å²) in [4.78, 5) is 9.47. The third-order valence-electron chi connectivity index (χ3n) is 5.51. The summed E-state index contributed by atoms with van der Waals surface area (Å²) < 4.78 is 30.4. The van der Waals surface area contributed by atoms with E-state index >= 15 is 0 Å². The molecule has 9 heteroatoms. The lowest BCUT2D eigenvalue weighted by Gasteiger charge is -2.09. The summed E-state index contributed by atoms with van der Waals surface area (Å²) >= 11 is 6.39. The molecule has 0 spiro atoms. The lowest BCUT2D eigenvalue weighted by molar-refractivity contribution is 0.433. The lowest BCUT2D eigenvalue weighted by atomic mass is 10.1. The van der Waals surface area contributed by atoms with Crippen molar-refractivity contribution in [1.29, 1.82) is 0 Å². The maximum atomic E-state index is 12.4. The summed E-state index contributed by atoms with van der Waals surface area (Å²) in [6.45, 7) is 5.85. The SMILES string of the molecule is CNCc1ccc(-c2cc(-c3nc(-c4ccc(S(=O)(=O)C(C)C)cc4)cnc3C)on2)cc1Cl. The molecule has 0 unspecified atom stereocenters. The van der Waals surface area contributed by atoms with E-state index in [1.807, 2.05) is 38.2 Å². The number of sulfone groups is 1. The first-order chi connectivity index (χ1) is 16.2. The van der Waals surface area contributed by atoms with Gasteiger partial charge >= 0.3 is 0 Å². The van der Waals surface area contributed by atoms with Crippen molar-refractivity contribution in [2.24, 2.45) is 0 Å². The Morgan fingerprint density at radius 3 is 2.38 bits per heavy atom. The minimum absolute atomic E-state index is 0.283. The van der Waals surface area contributed by atoms with Crippen LogP contribution in [0.3, 0.4) is 0 Å². The number of hydrogen-bond acceptors (Lipinski definition) is 7. The molecule has 0 radical (unpaired) electrons. The average Bonchev–Trinajstić information content (AvgIpc) is 3.31. The van der Waals surface area contributed by atoms with E-state index in [4.69, 9.17) is 21.1 Å². The van der Waals surface area contributed by atoms with Gasteiger partial charge in [0.15, 0.2) is 15.6 Å². The van der Waals surface area contributed by atoms with Gasteiger partial charge in [0.25, 0.3) is 0 Å². The molecule has 0 aliphatic rings. The van der Waals surface area contributed by atoms with Gasteiger partial charge in [-0.15, -0.1) is 0 Å². The predicted molar refractivity (Wildman–Crippen MR) is 133 cm³/mol. The third kappa shape index (κ3) is 4.75. The van der Waals surface area contributed by atoms with Crippen LogP contribution in [0.25, 0.3) is 34.0 Å². The van der Waals surface area contributed by atoms with Crippen LogP contribution in [0.2, 0.25) is 5.02 Å². The number of benzene rings is 2. The maximum absolute atomic E-state index is 12.4. The topological polar surface area (TPSA) is 98.0 Å². The number of rotatable bonds is 7. The van der Waals surface area contributed by atoms with Crippen molar-refractivity contribution >= 4 is 21.4 Å². The minimum atomic E-state index is -3.34. The number of hydrogen-bond donors (Lipinski definition) is 1. The molecule has 2 heterocycles. The van der Waals surface area contributed by atoms with Crippen LogP contribution in [-0.4, -0.2) is 35.8 Å². The molecular formula is C25H25ClN4O3S. The van der Waals surface area contributed by atoms with Gasteiger partial charge in [0.05, 0.1) is 27.7 Å². The van der Waals surface area contributed by atoms with Gasteiger partial charge in [0.2, 0.25) is 0 Å². The Hall–Kier alpha value is -3.07. The average molecular weight is 497 g/mol. The first-order valence-electron chi connectivity index (χ1n) is 10.8. The standard InChI is InChI=1S/C25H25ClN4O3S/c1-15(2)34(31,32)20-9-7-17(8-10-20)23-14-28-16(3)25(29-23)24-12-22(30-33-24)18-5-6-19(13-27-4)21(26)11-18/h5-12,14-15,27H,13H2,1-4H3. The first-order valence-corrected chi connectivity index (χ1v) is 12.7. The maximum Gasteiger partial charge on any atom is 0.187 e. The van der Waals surface area contributed by atoms with Crippen molar-refractivity contribution in [3.8, 4) is 34.0 Å². The van der Waals surface area contributed by atoms with Crippen molar-refractivity contribution in [2.45, 2.75) is 37.5 Å². The Labute approximate surface area is 204 Å². The van der Waals surface area contributed by atoms with Crippen molar-refractivity contribution in [3.63, 3.8) is 0 Å². The van der Waals surface area contributed by atoms with E-state index in [2.05, 4.69) is 15.5 Å². The second-order valence-electron chi connectivity index (χ2n) is 8.22. The Morgan fingerprint density at radius 2 is 1.74 bits per heavy atom. The van der Waals surface area contributed by atoms with E-state index in [0.29, 0.717) is 40.1 Å². The number of halogens is 1. The molecule has 0 bridgehead atoms. The Kier molecular flexibility index (Phi) is 6.84. The van der Waals surface area contributed by atoms with Crippen LogP contribution in [0.1, 0.15) is 25.1 Å². The van der Waals surface area contributed by atoms with Gasteiger partial charge in [-0.05, 0) is 51.6 Å². The highest BCUT2D eigenvalue weighted by molar-refractivity contribution is 7.92. The molecule has 4 aromatic rings. The fourth-order valence-electron chi connectivity index (χ4n) is 3.47. The number of aryl methyl sites for hydroxylation is 1.